The molecule has 2 aromatic carbocycles. The molecule has 0 N–H and O–H groups in total. The molecular formula is C23H19NO4S. The maximum Gasteiger partial charge on any atom is 0.232 e. The molecule has 3 heterocycles. The molecular weight excluding hydrogens is 386 g/mol. The van der Waals surface area contributed by atoms with E-state index in [1.54, 1.807) is 30.6 Å². The minimum atomic E-state index is -0.0851. The van der Waals surface area contributed by atoms with Crippen molar-refractivity contribution in [1.82, 2.24) is 4.90 Å². The average Bonchev–Trinajstić information content (AvgIpc) is 3.37. The second-order valence-electron chi connectivity index (χ2n) is 6.95. The number of ketones is 1. The summed E-state index contributed by atoms with van der Waals surface area (Å²) in [5, 5.41) is 1.98. The minimum Gasteiger partial charge on any atom is -0.496 e. The SMILES string of the molecule is COc1ccccc1CN1COc2ccc3c(c2C1)O/C(=C\c1cccs1)C3=O. The van der Waals surface area contributed by atoms with E-state index in [2.05, 4.69) is 4.90 Å². The summed E-state index contributed by atoms with van der Waals surface area (Å²) >= 11 is 1.57. The molecule has 0 saturated carbocycles. The van der Waals surface area contributed by atoms with Gasteiger partial charge in [-0.15, -0.1) is 11.3 Å². The van der Waals surface area contributed by atoms with Gasteiger partial charge in [-0.2, -0.15) is 0 Å². The number of rotatable bonds is 4. The second kappa shape index (κ2) is 7.39. The van der Waals surface area contributed by atoms with Crippen LogP contribution in [0.25, 0.3) is 6.08 Å². The number of carbonyl (C=O) groups excluding carboxylic acids is 1. The van der Waals surface area contributed by atoms with Crippen LogP contribution in [0, 0.1) is 0 Å². The number of methoxy groups -OCH3 is 1. The molecule has 3 aromatic rings. The van der Waals surface area contributed by atoms with E-state index < -0.39 is 0 Å². The van der Waals surface area contributed by atoms with Crippen molar-refractivity contribution in [2.75, 3.05) is 13.8 Å². The number of thiophene rings is 1. The number of hydrogen-bond donors (Lipinski definition) is 0. The molecule has 0 amide bonds. The average molecular weight is 405 g/mol. The van der Waals surface area contributed by atoms with Gasteiger partial charge in [0.25, 0.3) is 0 Å². The fourth-order valence-electron chi connectivity index (χ4n) is 3.68. The first-order valence-electron chi connectivity index (χ1n) is 9.33. The van der Waals surface area contributed by atoms with Gasteiger partial charge in [0.05, 0.1) is 18.2 Å². The van der Waals surface area contributed by atoms with Gasteiger partial charge in [0.15, 0.2) is 5.76 Å². The molecule has 0 fully saturated rings. The van der Waals surface area contributed by atoms with Crippen molar-refractivity contribution < 1.29 is 19.0 Å². The quantitative estimate of drug-likeness (QED) is 0.588. The summed E-state index contributed by atoms with van der Waals surface area (Å²) in [5.41, 5.74) is 2.59. The molecule has 0 spiro atoms. The Bertz CT molecular complexity index is 1100. The predicted molar refractivity (Wildman–Crippen MR) is 111 cm³/mol. The molecule has 146 valence electrons. The molecule has 2 aliphatic heterocycles. The Hall–Kier alpha value is -3.09. The molecule has 2 aliphatic rings. The topological polar surface area (TPSA) is 48.0 Å². The zero-order chi connectivity index (χ0) is 19.8. The van der Waals surface area contributed by atoms with Crippen LogP contribution in [0.15, 0.2) is 59.7 Å². The van der Waals surface area contributed by atoms with Crippen molar-refractivity contribution >= 4 is 23.2 Å². The lowest BCUT2D eigenvalue weighted by molar-refractivity contribution is 0.0865. The molecule has 1 aromatic heterocycles. The molecule has 5 nitrogen and oxygen atoms in total. The Labute approximate surface area is 172 Å². The molecule has 0 saturated heterocycles. The molecule has 0 unspecified atom stereocenters. The van der Waals surface area contributed by atoms with Crippen molar-refractivity contribution in [2.45, 2.75) is 13.1 Å². The fraction of sp³-hybridized carbons (Fsp3) is 0.174. The van der Waals surface area contributed by atoms with Gasteiger partial charge in [-0.3, -0.25) is 9.69 Å². The van der Waals surface area contributed by atoms with Gasteiger partial charge < -0.3 is 14.2 Å². The Balaban J connectivity index is 1.43. The highest BCUT2D eigenvalue weighted by Crippen LogP contribution is 2.42. The number of hydrogen-bond acceptors (Lipinski definition) is 6. The summed E-state index contributed by atoms with van der Waals surface area (Å²) in [4.78, 5) is 16.0. The standard InChI is InChI=1S/C23H19NO4S/c1-26-19-7-3-2-5-15(19)12-24-13-18-20(27-14-24)9-8-17-22(25)21(28-23(17)18)11-16-6-4-10-29-16/h2-11H,12-14H2,1H3/b21-11-. The summed E-state index contributed by atoms with van der Waals surface area (Å²) in [6.45, 7) is 1.78. The number of carbonyl (C=O) groups is 1. The Morgan fingerprint density at radius 2 is 2.07 bits per heavy atom. The summed E-state index contributed by atoms with van der Waals surface area (Å²) in [6, 6.07) is 15.5. The number of fused-ring (bicyclic) bond motifs is 3. The van der Waals surface area contributed by atoms with Gasteiger partial charge >= 0.3 is 0 Å². The number of ether oxygens (including phenoxy) is 3. The Morgan fingerprint density at radius 1 is 1.17 bits per heavy atom. The zero-order valence-corrected chi connectivity index (χ0v) is 16.7. The van der Waals surface area contributed by atoms with E-state index >= 15 is 0 Å². The monoisotopic (exact) mass is 405 g/mol. The summed E-state index contributed by atoms with van der Waals surface area (Å²) in [7, 11) is 1.68. The van der Waals surface area contributed by atoms with E-state index in [1.165, 1.54) is 0 Å². The molecule has 0 atom stereocenters. The normalized spacial score (nSPS) is 16.9. The van der Waals surface area contributed by atoms with Crippen LogP contribution in [0.5, 0.6) is 17.2 Å². The maximum atomic E-state index is 12.8. The summed E-state index contributed by atoms with van der Waals surface area (Å²) in [6.07, 6.45) is 1.80. The van der Waals surface area contributed by atoms with Crippen LogP contribution in [0.4, 0.5) is 0 Å². The molecule has 6 heteroatoms. The van der Waals surface area contributed by atoms with Gasteiger partial charge in [0.2, 0.25) is 5.78 Å². The smallest absolute Gasteiger partial charge is 0.232 e. The van der Waals surface area contributed by atoms with Gasteiger partial charge in [-0.05, 0) is 29.6 Å². The highest BCUT2D eigenvalue weighted by molar-refractivity contribution is 7.10. The van der Waals surface area contributed by atoms with Crippen LogP contribution < -0.4 is 14.2 Å². The van der Waals surface area contributed by atoms with Crippen LogP contribution >= 0.6 is 11.3 Å². The Morgan fingerprint density at radius 3 is 2.90 bits per heavy atom. The van der Waals surface area contributed by atoms with E-state index in [4.69, 9.17) is 14.2 Å². The van der Waals surface area contributed by atoms with Crippen molar-refractivity contribution in [2.24, 2.45) is 0 Å². The van der Waals surface area contributed by atoms with Crippen LogP contribution in [-0.2, 0) is 13.1 Å². The highest BCUT2D eigenvalue weighted by Gasteiger charge is 2.33. The third kappa shape index (κ3) is 3.30. The van der Waals surface area contributed by atoms with E-state index in [-0.39, 0.29) is 5.78 Å². The van der Waals surface area contributed by atoms with Gasteiger partial charge in [-0.1, -0.05) is 24.3 Å². The van der Waals surface area contributed by atoms with Crippen LogP contribution in [0.2, 0.25) is 0 Å². The molecule has 5 rings (SSSR count). The first-order chi connectivity index (χ1) is 14.2. The summed E-state index contributed by atoms with van der Waals surface area (Å²) < 4.78 is 17.4. The van der Waals surface area contributed by atoms with E-state index in [1.807, 2.05) is 47.8 Å². The third-order valence-electron chi connectivity index (χ3n) is 5.09. The second-order valence-corrected chi connectivity index (χ2v) is 7.93. The molecule has 0 bridgehead atoms. The third-order valence-corrected chi connectivity index (χ3v) is 5.90. The maximum absolute atomic E-state index is 12.8. The number of allylic oxidation sites excluding steroid dienone is 1. The zero-order valence-electron chi connectivity index (χ0n) is 15.9. The molecule has 29 heavy (non-hydrogen) atoms. The number of nitrogens with zero attached hydrogens (tertiary/aromatic N) is 1. The van der Waals surface area contributed by atoms with Crippen LogP contribution in [0.3, 0.4) is 0 Å². The lowest BCUT2D eigenvalue weighted by atomic mass is 10.0. The van der Waals surface area contributed by atoms with E-state index in [0.29, 0.717) is 36.9 Å². The molecule has 0 radical (unpaired) electrons. The van der Waals surface area contributed by atoms with E-state index in [9.17, 15) is 4.79 Å². The summed E-state index contributed by atoms with van der Waals surface area (Å²) in [5.74, 6) is 2.50. The number of Topliss-reactive ketones (excluding diaryl/α,β-unsaturated/α-hetero) is 1. The number of para-hydroxylation sites is 1. The highest BCUT2D eigenvalue weighted by atomic mass is 32.1. The predicted octanol–water partition coefficient (Wildman–Crippen LogP) is 4.73. The van der Waals surface area contributed by atoms with Gasteiger partial charge in [0, 0.05) is 29.6 Å². The lowest BCUT2D eigenvalue weighted by Crippen LogP contribution is -2.31. The number of benzene rings is 2. The van der Waals surface area contributed by atoms with Crippen LogP contribution in [0.1, 0.15) is 26.4 Å². The van der Waals surface area contributed by atoms with Gasteiger partial charge in [0.1, 0.15) is 24.0 Å². The van der Waals surface area contributed by atoms with Crippen LogP contribution in [-0.4, -0.2) is 24.5 Å². The van der Waals surface area contributed by atoms with Crippen molar-refractivity contribution in [3.63, 3.8) is 0 Å². The molecule has 0 aliphatic carbocycles. The van der Waals surface area contributed by atoms with Crippen molar-refractivity contribution in [1.29, 1.82) is 0 Å². The largest absolute Gasteiger partial charge is 0.496 e. The minimum absolute atomic E-state index is 0.0851. The van der Waals surface area contributed by atoms with Gasteiger partial charge in [-0.25, -0.2) is 0 Å². The fourth-order valence-corrected chi connectivity index (χ4v) is 4.33. The lowest BCUT2D eigenvalue weighted by Gasteiger charge is -2.30. The first-order valence-corrected chi connectivity index (χ1v) is 10.2. The van der Waals surface area contributed by atoms with Crippen molar-refractivity contribution in [3.05, 3.63) is 81.2 Å². The Kier molecular flexibility index (Phi) is 4.58. The van der Waals surface area contributed by atoms with E-state index in [0.717, 1.165) is 27.5 Å². The van der Waals surface area contributed by atoms with Crippen molar-refractivity contribution in [3.8, 4) is 17.2 Å². The first kappa shape index (κ1) is 18.0.